The fourth-order valence-electron chi connectivity index (χ4n) is 1.63. The molecule has 0 aliphatic heterocycles. The average molecular weight is 331 g/mol. The highest BCUT2D eigenvalue weighted by Crippen LogP contribution is 2.23. The number of nitrogens with one attached hydrogen (secondary N) is 1. The normalized spacial score (nSPS) is 14.2. The Bertz CT molecular complexity index is 522. The molecule has 0 saturated heterocycles. The molecule has 0 bridgehead atoms. The highest BCUT2D eigenvalue weighted by atomic mass is 32.1. The molecule has 0 aromatic carbocycles. The van der Waals surface area contributed by atoms with Gasteiger partial charge in [-0.05, 0) is 37.8 Å². The molecule has 4 N–H and O–H groups in total. The quantitative estimate of drug-likeness (QED) is 0.624. The smallest absolute Gasteiger partial charge is 0.407 e. The first kappa shape index (κ1) is 18.4. The Morgan fingerprint density at radius 2 is 2.00 bits per heavy atom. The van der Waals surface area contributed by atoms with E-state index >= 15 is 0 Å². The first-order valence-corrected chi connectivity index (χ1v) is 7.58. The molecule has 22 heavy (non-hydrogen) atoms. The van der Waals surface area contributed by atoms with Crippen molar-refractivity contribution in [1.29, 1.82) is 0 Å². The molecule has 0 fully saturated rings. The third-order valence-electron chi connectivity index (χ3n) is 2.56. The van der Waals surface area contributed by atoms with Gasteiger partial charge in [0.05, 0.1) is 6.42 Å². The van der Waals surface area contributed by atoms with Crippen molar-refractivity contribution < 1.29 is 29.6 Å². The molecular formula is C14H21NO6S. The van der Waals surface area contributed by atoms with Gasteiger partial charge < -0.3 is 25.4 Å². The maximum atomic E-state index is 11.5. The molecule has 0 aliphatic carbocycles. The van der Waals surface area contributed by atoms with Gasteiger partial charge in [0.1, 0.15) is 17.8 Å². The summed E-state index contributed by atoms with van der Waals surface area (Å²) in [6, 6.07) is 1.53. The van der Waals surface area contributed by atoms with E-state index in [1.807, 2.05) is 0 Å². The molecule has 0 saturated carbocycles. The summed E-state index contributed by atoms with van der Waals surface area (Å²) >= 11 is 1.19. The van der Waals surface area contributed by atoms with Crippen LogP contribution in [0.5, 0.6) is 0 Å². The van der Waals surface area contributed by atoms with Crippen LogP contribution in [0.2, 0.25) is 0 Å². The van der Waals surface area contributed by atoms with Gasteiger partial charge in [-0.3, -0.25) is 4.79 Å². The number of thiophene rings is 1. The molecule has 1 rings (SSSR count). The van der Waals surface area contributed by atoms with Crippen molar-refractivity contribution >= 4 is 23.4 Å². The molecule has 0 aliphatic rings. The second-order valence-corrected chi connectivity index (χ2v) is 6.81. The summed E-state index contributed by atoms with van der Waals surface area (Å²) in [5, 5.41) is 32.5. The van der Waals surface area contributed by atoms with E-state index in [4.69, 9.17) is 9.84 Å². The summed E-state index contributed by atoms with van der Waals surface area (Å²) in [6.45, 7) is 4.97. The minimum Gasteiger partial charge on any atom is -0.481 e. The van der Waals surface area contributed by atoms with Crippen LogP contribution in [0.4, 0.5) is 4.79 Å². The molecule has 2 unspecified atom stereocenters. The van der Waals surface area contributed by atoms with Gasteiger partial charge >= 0.3 is 12.1 Å². The van der Waals surface area contributed by atoms with E-state index in [0.717, 1.165) is 0 Å². The van der Waals surface area contributed by atoms with Crippen molar-refractivity contribution in [1.82, 2.24) is 5.32 Å². The van der Waals surface area contributed by atoms with Gasteiger partial charge in [-0.15, -0.1) is 11.3 Å². The number of ether oxygens (including phenoxy) is 1. The van der Waals surface area contributed by atoms with Crippen LogP contribution in [0.3, 0.4) is 0 Å². The highest BCUT2D eigenvalue weighted by molar-refractivity contribution is 7.10. The van der Waals surface area contributed by atoms with Gasteiger partial charge in [0.25, 0.3) is 0 Å². The van der Waals surface area contributed by atoms with Crippen LogP contribution >= 0.6 is 11.3 Å². The van der Waals surface area contributed by atoms with Gasteiger partial charge in [-0.1, -0.05) is 0 Å². The topological polar surface area (TPSA) is 116 Å². The summed E-state index contributed by atoms with van der Waals surface area (Å²) in [5.41, 5.74) is -0.230. The fourth-order valence-corrected chi connectivity index (χ4v) is 2.54. The van der Waals surface area contributed by atoms with Crippen LogP contribution < -0.4 is 5.32 Å². The van der Waals surface area contributed by atoms with E-state index in [9.17, 15) is 19.8 Å². The number of hydrogen-bond donors (Lipinski definition) is 4. The molecule has 1 aromatic rings. The maximum absolute atomic E-state index is 11.5. The minimum atomic E-state index is -1.22. The number of aliphatic hydroxyl groups is 2. The Balaban J connectivity index is 2.51. The van der Waals surface area contributed by atoms with Gasteiger partial charge in [0.2, 0.25) is 0 Å². The van der Waals surface area contributed by atoms with Crippen molar-refractivity contribution in [3.63, 3.8) is 0 Å². The molecular weight excluding hydrogens is 310 g/mol. The average Bonchev–Trinajstić information content (AvgIpc) is 2.80. The largest absolute Gasteiger partial charge is 0.481 e. The lowest BCUT2D eigenvalue weighted by atomic mass is 10.1. The van der Waals surface area contributed by atoms with E-state index in [0.29, 0.717) is 10.4 Å². The fraction of sp³-hybridized carbons (Fsp3) is 0.571. The molecule has 1 heterocycles. The zero-order valence-corrected chi connectivity index (χ0v) is 13.5. The van der Waals surface area contributed by atoms with Gasteiger partial charge in [0.15, 0.2) is 0 Å². The summed E-state index contributed by atoms with van der Waals surface area (Å²) in [6.07, 6.45) is -3.26. The van der Waals surface area contributed by atoms with Crippen LogP contribution in [0.25, 0.3) is 0 Å². The van der Waals surface area contributed by atoms with E-state index in [1.165, 1.54) is 17.4 Å². The molecule has 7 nitrogen and oxygen atoms in total. The van der Waals surface area contributed by atoms with Crippen LogP contribution in [-0.2, 0) is 16.0 Å². The number of amides is 1. The number of carbonyl (C=O) groups excluding carboxylic acids is 1. The molecule has 124 valence electrons. The predicted octanol–water partition coefficient (Wildman–Crippen LogP) is 1.29. The molecule has 0 radical (unpaired) electrons. The second kappa shape index (κ2) is 7.57. The molecule has 8 heteroatoms. The van der Waals surface area contributed by atoms with E-state index < -0.39 is 29.9 Å². The standard InChI is InChI=1S/C14H21NO6S/c1-14(2,3)21-13(20)15-6-10(16)12(19)8-4-9(22-7-8)5-11(17)18/h4,7,10,12,16,19H,5-6H2,1-3H3,(H,15,20)(H,17,18). The Morgan fingerprint density at radius 3 is 2.55 bits per heavy atom. The van der Waals surface area contributed by atoms with Crippen molar-refractivity contribution in [2.75, 3.05) is 6.54 Å². The van der Waals surface area contributed by atoms with E-state index in [2.05, 4.69) is 5.32 Å². The monoisotopic (exact) mass is 331 g/mol. The molecule has 2 atom stereocenters. The van der Waals surface area contributed by atoms with Crippen LogP contribution in [0, 0.1) is 0 Å². The van der Waals surface area contributed by atoms with Crippen molar-refractivity contribution in [2.45, 2.75) is 45.0 Å². The number of carboxylic acid groups (broad SMARTS) is 1. The number of hydrogen-bond acceptors (Lipinski definition) is 6. The minimum absolute atomic E-state index is 0.135. The van der Waals surface area contributed by atoms with Crippen molar-refractivity contribution in [3.8, 4) is 0 Å². The zero-order valence-electron chi connectivity index (χ0n) is 12.7. The SMILES string of the molecule is CC(C)(C)OC(=O)NCC(O)C(O)c1csc(CC(=O)O)c1. The maximum Gasteiger partial charge on any atom is 0.407 e. The summed E-state index contributed by atoms with van der Waals surface area (Å²) in [5.74, 6) is -0.963. The number of carbonyl (C=O) groups is 2. The summed E-state index contributed by atoms with van der Waals surface area (Å²) < 4.78 is 5.02. The predicted molar refractivity (Wildman–Crippen MR) is 80.9 cm³/mol. The second-order valence-electron chi connectivity index (χ2n) is 5.81. The number of carboxylic acids is 1. The first-order valence-electron chi connectivity index (χ1n) is 6.70. The Kier molecular flexibility index (Phi) is 6.34. The van der Waals surface area contributed by atoms with Crippen molar-refractivity contribution in [3.05, 3.63) is 21.9 Å². The number of rotatable bonds is 6. The number of aliphatic carboxylic acids is 1. The van der Waals surface area contributed by atoms with Gasteiger partial charge in [-0.25, -0.2) is 4.79 Å². The van der Waals surface area contributed by atoms with Gasteiger partial charge in [0, 0.05) is 11.4 Å². The van der Waals surface area contributed by atoms with Crippen LogP contribution in [-0.4, -0.2) is 45.6 Å². The molecule has 0 spiro atoms. The van der Waals surface area contributed by atoms with Crippen molar-refractivity contribution in [2.24, 2.45) is 0 Å². The lowest BCUT2D eigenvalue weighted by Crippen LogP contribution is -2.38. The zero-order chi connectivity index (χ0) is 16.9. The Labute approximate surface area is 132 Å². The Hall–Kier alpha value is -1.64. The van der Waals surface area contributed by atoms with Gasteiger partial charge in [-0.2, -0.15) is 0 Å². The van der Waals surface area contributed by atoms with E-state index in [-0.39, 0.29) is 13.0 Å². The highest BCUT2D eigenvalue weighted by Gasteiger charge is 2.22. The third kappa shape index (κ3) is 6.42. The summed E-state index contributed by atoms with van der Waals surface area (Å²) in [7, 11) is 0. The molecule has 1 aromatic heterocycles. The number of aliphatic hydroxyl groups excluding tert-OH is 2. The van der Waals surface area contributed by atoms with Crippen LogP contribution in [0.15, 0.2) is 11.4 Å². The van der Waals surface area contributed by atoms with E-state index in [1.54, 1.807) is 26.2 Å². The Morgan fingerprint density at radius 1 is 1.36 bits per heavy atom. The third-order valence-corrected chi connectivity index (χ3v) is 3.51. The number of alkyl carbamates (subject to hydrolysis) is 1. The molecule has 1 amide bonds. The van der Waals surface area contributed by atoms with Crippen LogP contribution in [0.1, 0.15) is 37.3 Å². The lowest BCUT2D eigenvalue weighted by molar-refractivity contribution is -0.136. The first-order chi connectivity index (χ1) is 10.1. The lowest BCUT2D eigenvalue weighted by Gasteiger charge is -2.21. The summed E-state index contributed by atoms with van der Waals surface area (Å²) in [4.78, 5) is 22.6.